The van der Waals surface area contributed by atoms with E-state index in [9.17, 15) is 9.18 Å². The Bertz CT molecular complexity index is 1190. The number of halogens is 1. The van der Waals surface area contributed by atoms with E-state index in [4.69, 9.17) is 14.0 Å². The number of methoxy groups -OCH3 is 2. The first-order valence-corrected chi connectivity index (χ1v) is 10.1. The van der Waals surface area contributed by atoms with Gasteiger partial charge in [0.1, 0.15) is 5.82 Å². The van der Waals surface area contributed by atoms with Gasteiger partial charge in [0.2, 0.25) is 5.82 Å². The van der Waals surface area contributed by atoms with Crippen molar-refractivity contribution in [1.82, 2.24) is 20.4 Å². The Morgan fingerprint density at radius 3 is 2.62 bits per heavy atom. The van der Waals surface area contributed by atoms with Gasteiger partial charge in [-0.15, -0.1) is 0 Å². The van der Waals surface area contributed by atoms with Crippen LogP contribution in [0.3, 0.4) is 0 Å². The number of amides is 2. The molecular weight excluding hydrogens is 415 g/mol. The molecule has 1 N–H and O–H groups in total. The first kappa shape index (κ1) is 21.4. The van der Waals surface area contributed by atoms with Crippen LogP contribution in [0.5, 0.6) is 11.5 Å². The van der Waals surface area contributed by atoms with Crippen molar-refractivity contribution in [3.05, 3.63) is 65.4 Å². The summed E-state index contributed by atoms with van der Waals surface area (Å²) in [6, 6.07) is 10.6. The van der Waals surface area contributed by atoms with E-state index in [-0.39, 0.29) is 17.7 Å². The summed E-state index contributed by atoms with van der Waals surface area (Å²) in [6.45, 7) is 4.17. The summed E-state index contributed by atoms with van der Waals surface area (Å²) in [5.41, 5.74) is 2.58. The molecule has 0 bridgehead atoms. The van der Waals surface area contributed by atoms with E-state index in [0.717, 1.165) is 5.56 Å². The SMILES string of the molecule is CCN1C(=O)NC(c2ccc(OC)c(OC)c2)C(c2nc(-c3cccc(F)c3)no2)=C1C. The topological polar surface area (TPSA) is 89.7 Å². The molecule has 0 saturated carbocycles. The van der Waals surface area contributed by atoms with Gasteiger partial charge in [-0.3, -0.25) is 4.90 Å². The molecule has 1 atom stereocenters. The van der Waals surface area contributed by atoms with Crippen LogP contribution in [0, 0.1) is 5.82 Å². The molecular formula is C23H23FN4O4. The molecule has 2 heterocycles. The molecule has 0 saturated heterocycles. The number of hydrogen-bond donors (Lipinski definition) is 1. The van der Waals surface area contributed by atoms with Gasteiger partial charge in [-0.1, -0.05) is 23.4 Å². The maximum absolute atomic E-state index is 13.7. The molecule has 2 amide bonds. The lowest BCUT2D eigenvalue weighted by Gasteiger charge is -2.34. The Morgan fingerprint density at radius 2 is 1.94 bits per heavy atom. The van der Waals surface area contributed by atoms with Crippen molar-refractivity contribution in [2.75, 3.05) is 20.8 Å². The van der Waals surface area contributed by atoms with Crippen LogP contribution in [0.4, 0.5) is 9.18 Å². The lowest BCUT2D eigenvalue weighted by atomic mass is 9.94. The standard InChI is InChI=1S/C23H23FN4O4/c1-5-28-13(2)19(22-26-21(27-32-22)15-7-6-8-16(24)11-15)20(25-23(28)29)14-9-10-17(30-3)18(12-14)31-4/h6-12,20H,5H2,1-4H3,(H,25,29). The van der Waals surface area contributed by atoms with Crippen LogP contribution in [0.1, 0.15) is 31.3 Å². The zero-order chi connectivity index (χ0) is 22.8. The van der Waals surface area contributed by atoms with Crippen molar-refractivity contribution in [1.29, 1.82) is 0 Å². The second-order valence-electron chi connectivity index (χ2n) is 7.17. The summed E-state index contributed by atoms with van der Waals surface area (Å²) in [7, 11) is 3.10. The lowest BCUT2D eigenvalue weighted by molar-refractivity contribution is 0.207. The van der Waals surface area contributed by atoms with Crippen LogP contribution in [-0.4, -0.2) is 41.8 Å². The van der Waals surface area contributed by atoms with Crippen molar-refractivity contribution in [3.63, 3.8) is 0 Å². The molecule has 166 valence electrons. The fraction of sp³-hybridized carbons (Fsp3) is 0.261. The number of allylic oxidation sites excluding steroid dienone is 1. The van der Waals surface area contributed by atoms with Gasteiger partial charge >= 0.3 is 6.03 Å². The van der Waals surface area contributed by atoms with Gasteiger partial charge < -0.3 is 19.3 Å². The minimum absolute atomic E-state index is 0.236. The summed E-state index contributed by atoms with van der Waals surface area (Å²) in [5.74, 6) is 1.20. The predicted molar refractivity (Wildman–Crippen MR) is 115 cm³/mol. The number of benzene rings is 2. The average molecular weight is 438 g/mol. The van der Waals surface area contributed by atoms with E-state index in [2.05, 4.69) is 15.5 Å². The third-order valence-electron chi connectivity index (χ3n) is 5.39. The summed E-state index contributed by atoms with van der Waals surface area (Å²) < 4.78 is 30.0. The van der Waals surface area contributed by atoms with E-state index >= 15 is 0 Å². The van der Waals surface area contributed by atoms with Gasteiger partial charge in [0, 0.05) is 17.8 Å². The minimum atomic E-state index is -0.564. The van der Waals surface area contributed by atoms with Crippen LogP contribution in [0.15, 0.2) is 52.7 Å². The van der Waals surface area contributed by atoms with Gasteiger partial charge in [0.15, 0.2) is 11.5 Å². The van der Waals surface area contributed by atoms with Crippen LogP contribution >= 0.6 is 0 Å². The predicted octanol–water partition coefficient (Wildman–Crippen LogP) is 4.41. The maximum atomic E-state index is 13.7. The van der Waals surface area contributed by atoms with Crippen LogP contribution < -0.4 is 14.8 Å². The zero-order valence-corrected chi connectivity index (χ0v) is 18.2. The van der Waals surface area contributed by atoms with Crippen LogP contribution in [-0.2, 0) is 0 Å². The average Bonchev–Trinajstić information content (AvgIpc) is 3.28. The monoisotopic (exact) mass is 438 g/mol. The molecule has 0 spiro atoms. The van der Waals surface area contributed by atoms with Crippen molar-refractivity contribution < 1.29 is 23.2 Å². The molecule has 4 rings (SSSR count). The molecule has 1 aromatic heterocycles. The lowest BCUT2D eigenvalue weighted by Crippen LogP contribution is -2.45. The Morgan fingerprint density at radius 1 is 1.16 bits per heavy atom. The Kier molecular flexibility index (Phi) is 5.81. The fourth-order valence-corrected chi connectivity index (χ4v) is 3.80. The third-order valence-corrected chi connectivity index (χ3v) is 5.39. The van der Waals surface area contributed by atoms with E-state index in [1.807, 2.05) is 19.9 Å². The zero-order valence-electron chi connectivity index (χ0n) is 18.2. The maximum Gasteiger partial charge on any atom is 0.322 e. The molecule has 1 aliphatic rings. The van der Waals surface area contributed by atoms with Crippen molar-refractivity contribution in [3.8, 4) is 22.9 Å². The first-order valence-electron chi connectivity index (χ1n) is 10.1. The normalized spacial score (nSPS) is 16.2. The Hall–Kier alpha value is -3.88. The van der Waals surface area contributed by atoms with Gasteiger partial charge in [-0.05, 0) is 43.7 Å². The summed E-state index contributed by atoms with van der Waals surface area (Å²) in [4.78, 5) is 18.9. The molecule has 9 heteroatoms. The van der Waals surface area contributed by atoms with E-state index in [1.165, 1.54) is 12.1 Å². The third kappa shape index (κ3) is 3.77. The summed E-state index contributed by atoms with van der Waals surface area (Å²) in [6.07, 6.45) is 0. The second kappa shape index (κ2) is 8.70. The highest BCUT2D eigenvalue weighted by molar-refractivity contribution is 5.87. The molecule has 0 fully saturated rings. The Balaban J connectivity index is 1.83. The van der Waals surface area contributed by atoms with E-state index < -0.39 is 11.9 Å². The first-order chi connectivity index (χ1) is 15.5. The number of hydrogen-bond acceptors (Lipinski definition) is 6. The molecule has 1 unspecified atom stereocenters. The molecule has 8 nitrogen and oxygen atoms in total. The molecule has 3 aromatic rings. The molecule has 32 heavy (non-hydrogen) atoms. The van der Waals surface area contributed by atoms with Crippen molar-refractivity contribution in [2.24, 2.45) is 0 Å². The second-order valence-corrected chi connectivity index (χ2v) is 7.17. The number of carbonyl (C=O) groups excluding carboxylic acids is 1. The Labute approximate surface area is 184 Å². The minimum Gasteiger partial charge on any atom is -0.493 e. The molecule has 1 aliphatic heterocycles. The smallest absolute Gasteiger partial charge is 0.322 e. The van der Waals surface area contributed by atoms with Gasteiger partial charge in [0.25, 0.3) is 5.89 Å². The van der Waals surface area contributed by atoms with Crippen molar-refractivity contribution >= 4 is 11.6 Å². The number of carbonyl (C=O) groups is 1. The molecule has 2 aromatic carbocycles. The highest BCUT2D eigenvalue weighted by atomic mass is 19.1. The van der Waals surface area contributed by atoms with Crippen LogP contribution in [0.25, 0.3) is 17.0 Å². The van der Waals surface area contributed by atoms with Crippen molar-refractivity contribution in [2.45, 2.75) is 19.9 Å². The number of nitrogens with one attached hydrogen (secondary N) is 1. The molecule has 0 aliphatic carbocycles. The van der Waals surface area contributed by atoms with Gasteiger partial charge in [0.05, 0.1) is 25.8 Å². The van der Waals surface area contributed by atoms with Crippen LogP contribution in [0.2, 0.25) is 0 Å². The van der Waals surface area contributed by atoms with Gasteiger partial charge in [-0.2, -0.15) is 4.98 Å². The quantitative estimate of drug-likeness (QED) is 0.613. The number of rotatable bonds is 6. The summed E-state index contributed by atoms with van der Waals surface area (Å²) >= 11 is 0. The number of ether oxygens (including phenoxy) is 2. The fourth-order valence-electron chi connectivity index (χ4n) is 3.80. The summed E-state index contributed by atoms with van der Waals surface area (Å²) in [5, 5.41) is 7.04. The highest BCUT2D eigenvalue weighted by Gasteiger charge is 2.35. The molecule has 0 radical (unpaired) electrons. The van der Waals surface area contributed by atoms with E-state index in [1.54, 1.807) is 43.4 Å². The number of urea groups is 1. The largest absolute Gasteiger partial charge is 0.493 e. The number of nitrogens with zero attached hydrogens (tertiary/aromatic N) is 3. The van der Waals surface area contributed by atoms with E-state index in [0.29, 0.717) is 34.9 Å². The van der Waals surface area contributed by atoms with Gasteiger partial charge in [-0.25, -0.2) is 9.18 Å². The highest BCUT2D eigenvalue weighted by Crippen LogP contribution is 2.39. The number of aromatic nitrogens is 2.